The lowest BCUT2D eigenvalue weighted by molar-refractivity contribution is -0.155. The van der Waals surface area contributed by atoms with Gasteiger partial charge in [-0.3, -0.25) is 9.59 Å². The molecule has 2 atom stereocenters. The number of ether oxygens (including phenoxy) is 1. The van der Waals surface area contributed by atoms with Gasteiger partial charge in [-0.15, -0.1) is 0 Å². The first-order valence-corrected chi connectivity index (χ1v) is 8.22. The molecule has 0 saturated heterocycles. The lowest BCUT2D eigenvalue weighted by atomic mass is 9.98. The first-order chi connectivity index (χ1) is 12.0. The second kappa shape index (κ2) is 8.97. The molecule has 0 aliphatic heterocycles. The van der Waals surface area contributed by atoms with E-state index in [9.17, 15) is 14.0 Å². The van der Waals surface area contributed by atoms with E-state index in [1.165, 1.54) is 19.1 Å². The van der Waals surface area contributed by atoms with Gasteiger partial charge in [-0.05, 0) is 36.1 Å². The highest BCUT2D eigenvalue weighted by Gasteiger charge is 2.19. The molecule has 0 saturated carbocycles. The predicted octanol–water partition coefficient (Wildman–Crippen LogP) is 3.57. The van der Waals surface area contributed by atoms with Crippen LogP contribution < -0.4 is 5.32 Å². The van der Waals surface area contributed by atoms with Crippen molar-refractivity contribution >= 4 is 11.9 Å². The summed E-state index contributed by atoms with van der Waals surface area (Å²) in [6.45, 7) is 3.72. The van der Waals surface area contributed by atoms with Gasteiger partial charge in [0.05, 0.1) is 6.42 Å². The Kier molecular flexibility index (Phi) is 6.69. The fourth-order valence-electron chi connectivity index (χ4n) is 2.38. The minimum Gasteiger partial charge on any atom is -0.453 e. The molecule has 0 bridgehead atoms. The maximum atomic E-state index is 12.8. The molecule has 0 fully saturated rings. The molecule has 0 aromatic heterocycles. The monoisotopic (exact) mass is 343 g/mol. The Morgan fingerprint density at radius 1 is 1.04 bits per heavy atom. The van der Waals surface area contributed by atoms with Gasteiger partial charge in [-0.25, -0.2) is 4.39 Å². The van der Waals surface area contributed by atoms with Crippen LogP contribution in [0.3, 0.4) is 0 Å². The average Bonchev–Trinajstić information content (AvgIpc) is 2.61. The number of halogens is 1. The molecule has 25 heavy (non-hydrogen) atoms. The molecular weight excluding hydrogens is 321 g/mol. The van der Waals surface area contributed by atoms with Gasteiger partial charge < -0.3 is 10.1 Å². The number of carbonyl (C=O) groups is 2. The number of rotatable bonds is 7. The van der Waals surface area contributed by atoms with E-state index in [1.807, 2.05) is 37.3 Å². The van der Waals surface area contributed by atoms with Crippen molar-refractivity contribution < 1.29 is 18.7 Å². The van der Waals surface area contributed by atoms with E-state index in [0.717, 1.165) is 11.1 Å². The summed E-state index contributed by atoms with van der Waals surface area (Å²) < 4.78 is 18.0. The third-order valence-corrected chi connectivity index (χ3v) is 3.90. The molecular formula is C20H22FNO3. The lowest BCUT2D eigenvalue weighted by Crippen LogP contribution is -2.35. The van der Waals surface area contributed by atoms with Gasteiger partial charge in [0.1, 0.15) is 5.82 Å². The number of nitrogens with one attached hydrogen (secondary N) is 1. The summed E-state index contributed by atoms with van der Waals surface area (Å²) in [5, 5.41) is 2.67. The number of esters is 1. The highest BCUT2D eigenvalue weighted by Crippen LogP contribution is 2.19. The smallest absolute Gasteiger partial charge is 0.307 e. The van der Waals surface area contributed by atoms with Crippen LogP contribution in [0.4, 0.5) is 4.39 Å². The number of hydrogen-bond donors (Lipinski definition) is 1. The van der Waals surface area contributed by atoms with E-state index < -0.39 is 12.1 Å². The second-order valence-electron chi connectivity index (χ2n) is 5.99. The predicted molar refractivity (Wildman–Crippen MR) is 93.3 cm³/mol. The molecule has 1 amide bonds. The summed E-state index contributed by atoms with van der Waals surface area (Å²) in [7, 11) is 0. The van der Waals surface area contributed by atoms with E-state index in [-0.39, 0.29) is 30.6 Å². The largest absolute Gasteiger partial charge is 0.453 e. The molecule has 4 nitrogen and oxygen atoms in total. The summed E-state index contributed by atoms with van der Waals surface area (Å²) in [5.41, 5.74) is 1.82. The fraction of sp³-hybridized carbons (Fsp3) is 0.300. The highest BCUT2D eigenvalue weighted by molar-refractivity contribution is 5.83. The van der Waals surface area contributed by atoms with Crippen molar-refractivity contribution in [1.29, 1.82) is 0 Å². The van der Waals surface area contributed by atoms with Crippen molar-refractivity contribution in [3.63, 3.8) is 0 Å². The highest BCUT2D eigenvalue weighted by atomic mass is 19.1. The normalized spacial score (nSPS) is 12.9. The summed E-state index contributed by atoms with van der Waals surface area (Å²) in [4.78, 5) is 24.0. The molecule has 2 aromatic rings. The van der Waals surface area contributed by atoms with Gasteiger partial charge in [0.15, 0.2) is 6.10 Å². The van der Waals surface area contributed by atoms with E-state index in [1.54, 1.807) is 12.1 Å². The summed E-state index contributed by atoms with van der Waals surface area (Å²) in [6.07, 6.45) is -0.671. The van der Waals surface area contributed by atoms with Crippen molar-refractivity contribution in [2.45, 2.75) is 38.8 Å². The Morgan fingerprint density at radius 2 is 1.68 bits per heavy atom. The van der Waals surface area contributed by atoms with Crippen LogP contribution in [0.1, 0.15) is 37.3 Å². The standard InChI is InChI=1S/C20H22FNO3/c1-14(17-6-4-3-5-7-17)12-19(23)25-15(2)20(24)22-13-16-8-10-18(21)11-9-16/h3-11,14-15H,12-13H2,1-2H3,(H,22,24)/t14-,15+/m1/s1. The third kappa shape index (κ3) is 6.03. The van der Waals surface area contributed by atoms with Gasteiger partial charge >= 0.3 is 5.97 Å². The van der Waals surface area contributed by atoms with Crippen molar-refractivity contribution in [2.24, 2.45) is 0 Å². The molecule has 0 aliphatic carbocycles. The zero-order valence-electron chi connectivity index (χ0n) is 14.4. The van der Waals surface area contributed by atoms with Crippen molar-refractivity contribution in [3.05, 3.63) is 71.5 Å². The van der Waals surface area contributed by atoms with E-state index in [4.69, 9.17) is 4.74 Å². The zero-order valence-corrected chi connectivity index (χ0v) is 14.4. The molecule has 132 valence electrons. The Bertz CT molecular complexity index is 701. The Hall–Kier alpha value is -2.69. The van der Waals surface area contributed by atoms with Crippen molar-refractivity contribution in [1.82, 2.24) is 5.32 Å². The van der Waals surface area contributed by atoms with Crippen LogP contribution in [0.5, 0.6) is 0 Å². The van der Waals surface area contributed by atoms with Crippen LogP contribution in [0.25, 0.3) is 0 Å². The van der Waals surface area contributed by atoms with E-state index >= 15 is 0 Å². The van der Waals surface area contributed by atoms with Crippen LogP contribution in [0.15, 0.2) is 54.6 Å². The maximum absolute atomic E-state index is 12.8. The van der Waals surface area contributed by atoms with Crippen LogP contribution in [0.2, 0.25) is 0 Å². The van der Waals surface area contributed by atoms with Gasteiger partial charge in [0.25, 0.3) is 5.91 Å². The van der Waals surface area contributed by atoms with Gasteiger partial charge in [-0.1, -0.05) is 49.4 Å². The maximum Gasteiger partial charge on any atom is 0.307 e. The van der Waals surface area contributed by atoms with Gasteiger partial charge in [0, 0.05) is 6.54 Å². The summed E-state index contributed by atoms with van der Waals surface area (Å²) in [6, 6.07) is 15.5. The first-order valence-electron chi connectivity index (χ1n) is 8.22. The SMILES string of the molecule is C[C@H](OC(=O)C[C@@H](C)c1ccccc1)C(=O)NCc1ccc(F)cc1. The molecule has 2 rings (SSSR count). The second-order valence-corrected chi connectivity index (χ2v) is 5.99. The molecule has 0 unspecified atom stereocenters. The molecule has 0 spiro atoms. The average molecular weight is 343 g/mol. The Balaban J connectivity index is 1.77. The zero-order chi connectivity index (χ0) is 18.2. The molecule has 2 aromatic carbocycles. The number of carbonyl (C=O) groups excluding carboxylic acids is 2. The molecule has 5 heteroatoms. The molecule has 0 radical (unpaired) electrons. The Morgan fingerprint density at radius 3 is 2.32 bits per heavy atom. The van der Waals surface area contributed by atoms with Crippen LogP contribution in [-0.4, -0.2) is 18.0 Å². The lowest BCUT2D eigenvalue weighted by Gasteiger charge is -2.16. The van der Waals surface area contributed by atoms with Gasteiger partial charge in [0.2, 0.25) is 0 Å². The number of hydrogen-bond acceptors (Lipinski definition) is 3. The van der Waals surface area contributed by atoms with Crippen LogP contribution in [-0.2, 0) is 20.9 Å². The van der Waals surface area contributed by atoms with Crippen LogP contribution >= 0.6 is 0 Å². The first kappa shape index (κ1) is 18.6. The number of benzene rings is 2. The van der Waals surface area contributed by atoms with Gasteiger partial charge in [-0.2, -0.15) is 0 Å². The quantitative estimate of drug-likeness (QED) is 0.782. The fourth-order valence-corrected chi connectivity index (χ4v) is 2.38. The number of amides is 1. The van der Waals surface area contributed by atoms with E-state index in [2.05, 4.69) is 5.32 Å². The topological polar surface area (TPSA) is 55.4 Å². The third-order valence-electron chi connectivity index (χ3n) is 3.90. The minimum absolute atomic E-state index is 0.0168. The Labute approximate surface area is 147 Å². The molecule has 0 heterocycles. The molecule has 0 aliphatic rings. The van der Waals surface area contributed by atoms with Crippen LogP contribution in [0, 0.1) is 5.82 Å². The minimum atomic E-state index is -0.879. The summed E-state index contributed by atoms with van der Waals surface area (Å²) in [5.74, 6) is -1.11. The molecule has 1 N–H and O–H groups in total. The summed E-state index contributed by atoms with van der Waals surface area (Å²) >= 11 is 0. The van der Waals surface area contributed by atoms with Crippen molar-refractivity contribution in [2.75, 3.05) is 0 Å². The van der Waals surface area contributed by atoms with E-state index in [0.29, 0.717) is 0 Å². The van der Waals surface area contributed by atoms with Crippen molar-refractivity contribution in [3.8, 4) is 0 Å².